The molecule has 0 radical (unpaired) electrons. The zero-order valence-corrected chi connectivity index (χ0v) is 32.4. The molecule has 1 aromatic rings. The Labute approximate surface area is 291 Å². The Bertz CT molecular complexity index is 1120. The Morgan fingerprint density at radius 3 is 2.41 bits per heavy atom. The first-order chi connectivity index (χ1) is 19.4. The highest BCUT2D eigenvalue weighted by atomic mass is 127. The van der Waals surface area contributed by atoms with E-state index in [0.717, 1.165) is 54.8 Å². The van der Waals surface area contributed by atoms with Gasteiger partial charge in [0.2, 0.25) is 0 Å². The molecule has 1 aromatic carbocycles. The van der Waals surface area contributed by atoms with Gasteiger partial charge in [-0.3, -0.25) is 4.79 Å². The van der Waals surface area contributed by atoms with Crippen molar-refractivity contribution >= 4 is 73.7 Å². The molecule has 0 heterocycles. The van der Waals surface area contributed by atoms with Crippen molar-refractivity contribution in [2.24, 2.45) is 46.3 Å². The first-order valence-corrected chi connectivity index (χ1v) is 19.7. The predicted molar refractivity (Wildman–Crippen MR) is 196 cm³/mol. The molecule has 8 atom stereocenters. The molecule has 228 valence electrons. The van der Waals surface area contributed by atoms with Crippen molar-refractivity contribution in [3.63, 3.8) is 0 Å². The minimum Gasteiger partial charge on any atom is -0.462 e. The maximum atomic E-state index is 12.9. The fraction of sp³-hybridized carbons (Fsp3) is 0.750. The van der Waals surface area contributed by atoms with E-state index in [9.17, 15) is 4.79 Å². The van der Waals surface area contributed by atoms with E-state index in [0.29, 0.717) is 17.3 Å². The van der Waals surface area contributed by atoms with Crippen molar-refractivity contribution in [3.05, 3.63) is 40.1 Å². The summed E-state index contributed by atoms with van der Waals surface area (Å²) in [7, 11) is 0. The topological polar surface area (TPSA) is 26.3 Å². The molecular formula is C36H51I3O2. The van der Waals surface area contributed by atoms with Crippen LogP contribution in [0, 0.1) is 57.0 Å². The van der Waals surface area contributed by atoms with Crippen molar-refractivity contribution in [2.45, 2.75) is 124 Å². The number of esters is 1. The van der Waals surface area contributed by atoms with Crippen molar-refractivity contribution in [2.75, 3.05) is 0 Å². The van der Waals surface area contributed by atoms with Gasteiger partial charge in [0, 0.05) is 23.6 Å². The third-order valence-corrected chi connectivity index (χ3v) is 14.8. The summed E-state index contributed by atoms with van der Waals surface area (Å²) in [5.74, 6) is 5.17. The first kappa shape index (κ1) is 33.0. The van der Waals surface area contributed by atoms with Gasteiger partial charge in [-0.15, -0.1) is 0 Å². The number of carbonyl (C=O) groups excluding carboxylic acids is 1. The van der Waals surface area contributed by atoms with Crippen LogP contribution < -0.4 is 0 Å². The zero-order chi connectivity index (χ0) is 29.5. The molecule has 0 saturated heterocycles. The monoisotopic (exact) mass is 896 g/mol. The van der Waals surface area contributed by atoms with Crippen molar-refractivity contribution < 1.29 is 9.53 Å². The summed E-state index contributed by atoms with van der Waals surface area (Å²) in [6, 6.07) is 4.39. The van der Waals surface area contributed by atoms with E-state index < -0.39 is 0 Å². The van der Waals surface area contributed by atoms with Gasteiger partial charge in [-0.25, -0.2) is 0 Å². The molecule has 2 nitrogen and oxygen atoms in total. The Kier molecular flexibility index (Phi) is 10.9. The smallest absolute Gasteiger partial charge is 0.306 e. The standard InChI is InChI=1S/C36H51I3O2/c1-22(2)7-6-8-23(3)29-12-13-30-27-10-9-24-19-26(15-17-35(24,4)31(27)16-18-36(29,30)5)41-34(40)14-11-28-32(38)20-25(37)21-33(28)39/h9,20-23,26-27,29-31H,6-8,10-19H2,1-5H3/t23-,26+,27?,29-,30?,31?,35+,36-/m1/s1. The highest BCUT2D eigenvalue weighted by Crippen LogP contribution is 2.67. The molecule has 0 bridgehead atoms. The molecule has 41 heavy (non-hydrogen) atoms. The molecule has 3 fully saturated rings. The molecule has 0 amide bonds. The second-order valence-electron chi connectivity index (χ2n) is 15.0. The third kappa shape index (κ3) is 6.91. The maximum Gasteiger partial charge on any atom is 0.306 e. The molecular weight excluding hydrogens is 845 g/mol. The summed E-state index contributed by atoms with van der Waals surface area (Å²) < 4.78 is 9.88. The molecule has 0 spiro atoms. The average Bonchev–Trinajstić information content (AvgIpc) is 3.25. The lowest BCUT2D eigenvalue weighted by Crippen LogP contribution is -2.51. The van der Waals surface area contributed by atoms with E-state index in [1.807, 2.05) is 0 Å². The lowest BCUT2D eigenvalue weighted by atomic mass is 9.47. The van der Waals surface area contributed by atoms with Gasteiger partial charge in [0.15, 0.2) is 0 Å². The summed E-state index contributed by atoms with van der Waals surface area (Å²) in [6.07, 6.45) is 18.3. The van der Waals surface area contributed by atoms with E-state index in [1.165, 1.54) is 74.1 Å². The van der Waals surface area contributed by atoms with Crippen LogP contribution in [0.15, 0.2) is 23.8 Å². The van der Waals surface area contributed by atoms with Crippen LogP contribution in [-0.2, 0) is 16.0 Å². The fourth-order valence-electron chi connectivity index (χ4n) is 10.0. The summed E-state index contributed by atoms with van der Waals surface area (Å²) >= 11 is 7.17. The van der Waals surface area contributed by atoms with Crippen LogP contribution in [0.25, 0.3) is 0 Å². The number of carbonyl (C=O) groups is 1. The van der Waals surface area contributed by atoms with Gasteiger partial charge in [0.1, 0.15) is 6.10 Å². The predicted octanol–water partition coefficient (Wildman–Crippen LogP) is 11.4. The number of fused-ring (bicyclic) bond motifs is 5. The van der Waals surface area contributed by atoms with E-state index in [4.69, 9.17) is 4.74 Å². The van der Waals surface area contributed by atoms with Crippen LogP contribution in [0.3, 0.4) is 0 Å². The first-order valence-electron chi connectivity index (χ1n) is 16.4. The highest BCUT2D eigenvalue weighted by molar-refractivity contribution is 14.1. The number of benzene rings is 1. The molecule has 4 aliphatic rings. The minimum atomic E-state index is -0.0222. The van der Waals surface area contributed by atoms with Crippen LogP contribution in [0.2, 0.25) is 0 Å². The number of hydrogen-bond donors (Lipinski definition) is 0. The van der Waals surface area contributed by atoms with Crippen molar-refractivity contribution in [1.82, 2.24) is 0 Å². The summed E-state index contributed by atoms with van der Waals surface area (Å²) in [5, 5.41) is 0. The molecule has 0 aromatic heterocycles. The molecule has 3 saturated carbocycles. The number of rotatable bonds is 9. The summed E-state index contributed by atoms with van der Waals surface area (Å²) in [5.41, 5.74) is 3.75. The second-order valence-corrected chi connectivity index (χ2v) is 18.6. The summed E-state index contributed by atoms with van der Waals surface area (Å²) in [4.78, 5) is 12.9. The van der Waals surface area contributed by atoms with E-state index in [1.54, 1.807) is 5.57 Å². The maximum absolute atomic E-state index is 12.9. The largest absolute Gasteiger partial charge is 0.462 e. The SMILES string of the molecule is CC(C)CCC[C@@H](C)[C@H]1CCC2C3CC=C4C[C@@H](OC(=O)CCc5c(I)cc(I)cc5I)CC[C@]4(C)C3CC[C@@]21C. The van der Waals surface area contributed by atoms with Crippen LogP contribution in [-0.4, -0.2) is 12.1 Å². The number of halogens is 3. The van der Waals surface area contributed by atoms with Crippen LogP contribution in [0.1, 0.15) is 117 Å². The molecule has 0 N–H and O–H groups in total. The minimum absolute atomic E-state index is 0.0222. The molecule has 3 unspecified atom stereocenters. The fourth-order valence-corrected chi connectivity index (χ4v) is 14.2. The van der Waals surface area contributed by atoms with Crippen molar-refractivity contribution in [3.8, 4) is 0 Å². The van der Waals surface area contributed by atoms with Gasteiger partial charge in [-0.2, -0.15) is 0 Å². The molecule has 5 heteroatoms. The van der Waals surface area contributed by atoms with Gasteiger partial charge in [-0.1, -0.05) is 65.5 Å². The quantitative estimate of drug-likeness (QED) is 0.140. The van der Waals surface area contributed by atoms with E-state index in [2.05, 4.69) is 121 Å². The van der Waals surface area contributed by atoms with Gasteiger partial charge >= 0.3 is 5.97 Å². The highest BCUT2D eigenvalue weighted by Gasteiger charge is 2.59. The van der Waals surface area contributed by atoms with Gasteiger partial charge in [0.25, 0.3) is 0 Å². The molecule has 5 rings (SSSR count). The van der Waals surface area contributed by atoms with Crippen LogP contribution >= 0.6 is 67.8 Å². The second kappa shape index (κ2) is 13.5. The van der Waals surface area contributed by atoms with Gasteiger partial charge in [0.05, 0.1) is 0 Å². The summed E-state index contributed by atoms with van der Waals surface area (Å²) in [6.45, 7) is 12.6. The Balaban J connectivity index is 1.19. The third-order valence-electron chi connectivity index (χ3n) is 12.2. The van der Waals surface area contributed by atoms with E-state index in [-0.39, 0.29) is 12.1 Å². The van der Waals surface area contributed by atoms with Crippen LogP contribution in [0.5, 0.6) is 0 Å². The van der Waals surface area contributed by atoms with Gasteiger partial charge in [-0.05, 0) is 183 Å². The number of allylic oxidation sites excluding steroid dienone is 1. The molecule has 4 aliphatic carbocycles. The Morgan fingerprint density at radius 1 is 0.976 bits per heavy atom. The lowest BCUT2D eigenvalue weighted by Gasteiger charge is -2.58. The number of hydrogen-bond acceptors (Lipinski definition) is 2. The molecule has 0 aliphatic heterocycles. The van der Waals surface area contributed by atoms with Crippen molar-refractivity contribution in [1.29, 1.82) is 0 Å². The van der Waals surface area contributed by atoms with E-state index >= 15 is 0 Å². The Hall–Kier alpha value is 0.620. The van der Waals surface area contributed by atoms with Gasteiger partial charge < -0.3 is 4.74 Å². The zero-order valence-electron chi connectivity index (χ0n) is 25.9. The van der Waals surface area contributed by atoms with Crippen LogP contribution in [0.4, 0.5) is 0 Å². The Morgan fingerprint density at radius 2 is 1.71 bits per heavy atom. The average molecular weight is 897 g/mol. The normalized spacial score (nSPS) is 35.3. The number of ether oxygens (including phenoxy) is 1. The lowest BCUT2D eigenvalue weighted by molar-refractivity contribution is -0.151.